The van der Waals surface area contributed by atoms with Crippen LogP contribution in [0.2, 0.25) is 0 Å². The number of ether oxygens (including phenoxy) is 1. The van der Waals surface area contributed by atoms with Crippen molar-refractivity contribution in [3.05, 3.63) is 11.3 Å². The molecule has 0 spiro atoms. The van der Waals surface area contributed by atoms with E-state index in [1.807, 2.05) is 0 Å². The highest BCUT2D eigenvalue weighted by molar-refractivity contribution is 6.16. The molecule has 0 saturated carbocycles. The molecule has 0 rings (SSSR count). The molecule has 5 nitrogen and oxygen atoms in total. The number of nitrogens with two attached hydrogens (primary N) is 2. The maximum Gasteiger partial charge on any atom is 0.345 e. The number of esters is 1. The molecule has 4 N–H and O–H groups in total. The molecule has 12 heavy (non-hydrogen) atoms. The van der Waals surface area contributed by atoms with Gasteiger partial charge < -0.3 is 16.2 Å². The van der Waals surface area contributed by atoms with Gasteiger partial charge in [0.15, 0.2) is 0 Å². The van der Waals surface area contributed by atoms with Crippen molar-refractivity contribution in [2.45, 2.75) is 13.8 Å². The van der Waals surface area contributed by atoms with Crippen molar-refractivity contribution in [2.75, 3.05) is 6.61 Å². The van der Waals surface area contributed by atoms with Crippen LogP contribution in [0.5, 0.6) is 0 Å². The molecular formula is C7H12N2O3. The Kier molecular flexibility index (Phi) is 3.82. The molecule has 5 heteroatoms. The second-order valence-corrected chi connectivity index (χ2v) is 2.14. The fourth-order valence-electron chi connectivity index (χ4n) is 0.659. The van der Waals surface area contributed by atoms with E-state index in [0.717, 1.165) is 0 Å². The molecule has 0 aliphatic carbocycles. The Morgan fingerprint density at radius 2 is 1.83 bits per heavy atom. The first-order valence-electron chi connectivity index (χ1n) is 3.44. The Morgan fingerprint density at radius 1 is 1.33 bits per heavy atom. The molecule has 0 aliphatic rings. The number of carbonyl (C=O) groups is 2. The van der Waals surface area contributed by atoms with E-state index in [1.165, 1.54) is 6.92 Å². The average Bonchev–Trinajstić information content (AvgIpc) is 1.85. The lowest BCUT2D eigenvalue weighted by Gasteiger charge is -2.03. The summed E-state index contributed by atoms with van der Waals surface area (Å²) < 4.78 is 4.55. The van der Waals surface area contributed by atoms with Crippen LogP contribution < -0.4 is 11.5 Å². The largest absolute Gasteiger partial charge is 0.462 e. The average molecular weight is 172 g/mol. The van der Waals surface area contributed by atoms with Crippen LogP contribution in [0, 0.1) is 0 Å². The molecule has 0 unspecified atom stereocenters. The van der Waals surface area contributed by atoms with Crippen LogP contribution in [-0.4, -0.2) is 18.5 Å². The normalized spacial score (nSPS) is 11.8. The molecule has 0 saturated heterocycles. The lowest BCUT2D eigenvalue weighted by atomic mass is 10.2. The Balaban J connectivity index is 4.67. The predicted octanol–water partition coefficient (Wildman–Crippen LogP) is -0.732. The smallest absolute Gasteiger partial charge is 0.345 e. The molecule has 0 bridgehead atoms. The van der Waals surface area contributed by atoms with E-state index >= 15 is 0 Å². The Hall–Kier alpha value is -1.52. The van der Waals surface area contributed by atoms with Gasteiger partial charge in [-0.3, -0.25) is 4.79 Å². The third-order valence-corrected chi connectivity index (χ3v) is 1.12. The molecular weight excluding hydrogens is 160 g/mol. The van der Waals surface area contributed by atoms with Gasteiger partial charge in [0, 0.05) is 5.70 Å². The second kappa shape index (κ2) is 4.38. The van der Waals surface area contributed by atoms with Gasteiger partial charge in [0.25, 0.3) is 5.91 Å². The fraction of sp³-hybridized carbons (Fsp3) is 0.429. The molecule has 0 fully saturated rings. The van der Waals surface area contributed by atoms with Gasteiger partial charge in [0.1, 0.15) is 5.57 Å². The van der Waals surface area contributed by atoms with Gasteiger partial charge in [-0.1, -0.05) is 0 Å². The van der Waals surface area contributed by atoms with E-state index in [2.05, 4.69) is 4.74 Å². The topological polar surface area (TPSA) is 95.4 Å². The van der Waals surface area contributed by atoms with Crippen molar-refractivity contribution in [3.63, 3.8) is 0 Å². The van der Waals surface area contributed by atoms with Crippen LogP contribution in [-0.2, 0) is 14.3 Å². The number of hydrogen-bond acceptors (Lipinski definition) is 4. The van der Waals surface area contributed by atoms with Gasteiger partial charge in [0.2, 0.25) is 0 Å². The highest BCUT2D eigenvalue weighted by atomic mass is 16.5. The monoisotopic (exact) mass is 172 g/mol. The van der Waals surface area contributed by atoms with Gasteiger partial charge in [-0.2, -0.15) is 0 Å². The van der Waals surface area contributed by atoms with E-state index in [9.17, 15) is 9.59 Å². The van der Waals surface area contributed by atoms with Crippen molar-refractivity contribution in [1.82, 2.24) is 0 Å². The highest BCUT2D eigenvalue weighted by Gasteiger charge is 2.18. The summed E-state index contributed by atoms with van der Waals surface area (Å²) in [5.74, 6) is -1.64. The number of rotatable bonds is 3. The molecule has 0 atom stereocenters. The SMILES string of the molecule is CCOC(=O)/C(C(N)=O)=C(\C)N. The number of amides is 1. The van der Waals surface area contributed by atoms with Crippen LogP contribution in [0.3, 0.4) is 0 Å². The van der Waals surface area contributed by atoms with E-state index in [-0.39, 0.29) is 17.9 Å². The summed E-state index contributed by atoms with van der Waals surface area (Å²) in [4.78, 5) is 21.6. The number of primary amides is 1. The minimum absolute atomic E-state index is 0.0703. The molecule has 68 valence electrons. The van der Waals surface area contributed by atoms with Gasteiger partial charge in [0.05, 0.1) is 6.61 Å². The third-order valence-electron chi connectivity index (χ3n) is 1.12. The summed E-state index contributed by atoms with van der Waals surface area (Å²) >= 11 is 0. The molecule has 0 aromatic carbocycles. The van der Waals surface area contributed by atoms with Crippen LogP contribution in [0.1, 0.15) is 13.8 Å². The van der Waals surface area contributed by atoms with E-state index in [4.69, 9.17) is 11.5 Å². The van der Waals surface area contributed by atoms with Crippen LogP contribution in [0.25, 0.3) is 0 Å². The van der Waals surface area contributed by atoms with Crippen LogP contribution >= 0.6 is 0 Å². The number of carbonyl (C=O) groups excluding carboxylic acids is 2. The Morgan fingerprint density at radius 3 is 2.08 bits per heavy atom. The third kappa shape index (κ3) is 2.61. The number of hydrogen-bond donors (Lipinski definition) is 2. The van der Waals surface area contributed by atoms with E-state index in [1.54, 1.807) is 6.92 Å². The van der Waals surface area contributed by atoms with Crippen molar-refractivity contribution in [2.24, 2.45) is 11.5 Å². The molecule has 0 aromatic heterocycles. The summed E-state index contributed by atoms with van der Waals surface area (Å²) in [7, 11) is 0. The maximum atomic E-state index is 11.0. The lowest BCUT2D eigenvalue weighted by Crippen LogP contribution is -2.25. The highest BCUT2D eigenvalue weighted by Crippen LogP contribution is 2.00. The van der Waals surface area contributed by atoms with E-state index in [0.29, 0.717) is 0 Å². The Bertz CT molecular complexity index is 229. The molecule has 0 aliphatic heterocycles. The first-order valence-corrected chi connectivity index (χ1v) is 3.44. The molecule has 0 aromatic rings. The first kappa shape index (κ1) is 10.5. The van der Waals surface area contributed by atoms with Gasteiger partial charge in [-0.05, 0) is 13.8 Å². The fourth-order valence-corrected chi connectivity index (χ4v) is 0.659. The molecule has 1 amide bonds. The Labute approximate surface area is 70.4 Å². The van der Waals surface area contributed by atoms with Gasteiger partial charge >= 0.3 is 5.97 Å². The first-order chi connectivity index (χ1) is 5.50. The van der Waals surface area contributed by atoms with Crippen LogP contribution in [0.15, 0.2) is 11.3 Å². The summed E-state index contributed by atoms with van der Waals surface area (Å²) in [6, 6.07) is 0. The standard InChI is InChI=1S/C7H12N2O3/c1-3-12-7(11)5(4(2)8)6(9)10/h3,8H2,1-2H3,(H2,9,10)/b5-4+. The van der Waals surface area contributed by atoms with Crippen molar-refractivity contribution in [3.8, 4) is 0 Å². The van der Waals surface area contributed by atoms with E-state index < -0.39 is 11.9 Å². The molecule has 0 heterocycles. The summed E-state index contributed by atoms with van der Waals surface area (Å²) in [5, 5.41) is 0. The van der Waals surface area contributed by atoms with Crippen molar-refractivity contribution in [1.29, 1.82) is 0 Å². The van der Waals surface area contributed by atoms with Crippen LogP contribution in [0.4, 0.5) is 0 Å². The summed E-state index contributed by atoms with van der Waals surface area (Å²) in [6.45, 7) is 3.22. The van der Waals surface area contributed by atoms with Gasteiger partial charge in [-0.15, -0.1) is 0 Å². The zero-order valence-corrected chi connectivity index (χ0v) is 7.09. The van der Waals surface area contributed by atoms with Crippen molar-refractivity contribution < 1.29 is 14.3 Å². The zero-order valence-electron chi connectivity index (χ0n) is 7.09. The molecule has 0 radical (unpaired) electrons. The number of allylic oxidation sites excluding steroid dienone is 1. The predicted molar refractivity (Wildman–Crippen MR) is 42.7 cm³/mol. The minimum atomic E-state index is -0.867. The maximum absolute atomic E-state index is 11.0. The summed E-state index contributed by atoms with van der Waals surface area (Å²) in [6.07, 6.45) is 0. The van der Waals surface area contributed by atoms with Crippen molar-refractivity contribution >= 4 is 11.9 Å². The second-order valence-electron chi connectivity index (χ2n) is 2.14. The minimum Gasteiger partial charge on any atom is -0.462 e. The quantitative estimate of drug-likeness (QED) is 0.254. The van der Waals surface area contributed by atoms with Gasteiger partial charge in [-0.25, -0.2) is 4.79 Å². The lowest BCUT2D eigenvalue weighted by molar-refractivity contribution is -0.140. The summed E-state index contributed by atoms with van der Waals surface area (Å²) in [5.41, 5.74) is 9.93. The zero-order chi connectivity index (χ0) is 9.72.